The molecule has 6 nitrogen and oxygen atoms in total. The van der Waals surface area contributed by atoms with Gasteiger partial charge in [-0.2, -0.15) is 15.8 Å². The van der Waals surface area contributed by atoms with Gasteiger partial charge in [-0.15, -0.1) is 0 Å². The number of hydrogen-bond acceptors (Lipinski definition) is 4. The Kier molecular flexibility index (Phi) is 8.28. The van der Waals surface area contributed by atoms with Crippen molar-refractivity contribution >= 4 is 28.2 Å². The van der Waals surface area contributed by atoms with Gasteiger partial charge in [-0.1, -0.05) is 0 Å². The number of nitrogens with two attached hydrogens (primary N) is 1. The van der Waals surface area contributed by atoms with Crippen molar-refractivity contribution in [2.75, 3.05) is 5.73 Å². The average Bonchev–Trinajstić information content (AvgIpc) is 3.77. The minimum absolute atomic E-state index is 0.796. The molecule has 47 heavy (non-hydrogen) atoms. The van der Waals surface area contributed by atoms with Crippen molar-refractivity contribution in [3.8, 4) is 18.2 Å². The van der Waals surface area contributed by atoms with Crippen molar-refractivity contribution in [3.63, 3.8) is 0 Å². The Morgan fingerprint density at radius 2 is 0.979 bits per heavy atom. The minimum Gasteiger partial charge on any atom is -0.396 e. The Morgan fingerprint density at radius 3 is 1.36 bits per heavy atom. The van der Waals surface area contributed by atoms with E-state index in [-0.39, 0.29) is 0 Å². The zero-order chi connectivity index (χ0) is 35.4. The molecule has 17 heteroatoms. The number of anilines is 1. The zero-order valence-electron chi connectivity index (χ0n) is 22.5. The van der Waals surface area contributed by atoms with Crippen LogP contribution in [0.15, 0.2) is 16.7 Å². The first kappa shape index (κ1) is 33.3. The van der Waals surface area contributed by atoms with Gasteiger partial charge in [-0.25, -0.2) is 58.0 Å². The quantitative estimate of drug-likeness (QED) is 0.101. The maximum atomic E-state index is 15.3. The van der Waals surface area contributed by atoms with Gasteiger partial charge in [0.25, 0.3) is 5.69 Å². The molecule has 0 heterocycles. The van der Waals surface area contributed by atoms with Crippen LogP contribution >= 0.6 is 0 Å². The van der Waals surface area contributed by atoms with Gasteiger partial charge in [-0.05, 0) is 23.6 Å². The maximum Gasteiger partial charge on any atom is 0.262 e. The Labute approximate surface area is 254 Å². The number of nitrogens with zero attached hydrogens (tertiary/aromatic N) is 5. The van der Waals surface area contributed by atoms with Crippen LogP contribution < -0.4 is 5.73 Å². The van der Waals surface area contributed by atoms with Crippen molar-refractivity contribution in [3.05, 3.63) is 131 Å². The molecule has 1 fully saturated rings. The van der Waals surface area contributed by atoms with E-state index in [0.717, 1.165) is 25.1 Å². The molecular weight excluding hydrogens is 653 g/mol. The van der Waals surface area contributed by atoms with Crippen molar-refractivity contribution in [2.45, 2.75) is 6.92 Å². The van der Waals surface area contributed by atoms with Crippen LogP contribution in [-0.2, 0) is 0 Å². The first-order valence-electron chi connectivity index (χ1n) is 11.9. The molecule has 0 unspecified atom stereocenters. The van der Waals surface area contributed by atoms with Crippen LogP contribution in [0.5, 0.6) is 0 Å². The number of nitrogen functional groups attached to an aromatic ring is 1. The zero-order valence-corrected chi connectivity index (χ0v) is 22.5. The van der Waals surface area contributed by atoms with E-state index in [4.69, 9.17) is 24.1 Å². The van der Waals surface area contributed by atoms with E-state index < -0.39 is 137 Å². The van der Waals surface area contributed by atoms with Crippen LogP contribution in [0.4, 0.5) is 59.7 Å². The molecule has 1 aliphatic carbocycles. The van der Waals surface area contributed by atoms with Gasteiger partial charge in [0, 0.05) is 5.56 Å². The van der Waals surface area contributed by atoms with E-state index in [1.165, 1.54) is 0 Å². The summed E-state index contributed by atoms with van der Waals surface area (Å²) < 4.78 is 163. The highest BCUT2D eigenvalue weighted by Gasteiger charge is 2.45. The molecule has 0 atom stereocenters. The van der Waals surface area contributed by atoms with Crippen LogP contribution in [0.25, 0.3) is 26.5 Å². The van der Waals surface area contributed by atoms with E-state index in [1.54, 1.807) is 0 Å². The molecule has 0 saturated heterocycles. The Balaban J connectivity index is 2.37. The molecule has 0 amide bonds. The van der Waals surface area contributed by atoms with Gasteiger partial charge in [0.1, 0.15) is 29.6 Å². The number of halogens is 11. The molecule has 232 valence electrons. The fraction of sp³-hybridized carbons (Fsp3) is 0.0333. The van der Waals surface area contributed by atoms with Crippen LogP contribution in [-0.4, -0.2) is 0 Å². The second-order valence-corrected chi connectivity index (χ2v) is 9.12. The molecule has 0 spiro atoms. The molecule has 3 aromatic rings. The summed E-state index contributed by atoms with van der Waals surface area (Å²) in [5.41, 5.74) is -14.4. The lowest BCUT2D eigenvalue weighted by Gasteiger charge is -2.10. The Bertz CT molecular complexity index is 2130. The molecule has 0 aliphatic heterocycles. The number of hydrogen-bond donors (Lipinski definition) is 1. The van der Waals surface area contributed by atoms with Gasteiger partial charge in [0.05, 0.1) is 46.7 Å². The van der Waals surface area contributed by atoms with Crippen LogP contribution in [0.3, 0.4) is 0 Å². The van der Waals surface area contributed by atoms with E-state index >= 15 is 26.3 Å². The molecule has 4 rings (SSSR count). The molecule has 0 aromatic heterocycles. The van der Waals surface area contributed by atoms with Gasteiger partial charge in [-0.3, -0.25) is 0 Å². The Morgan fingerprint density at radius 1 is 0.574 bits per heavy atom. The summed E-state index contributed by atoms with van der Waals surface area (Å²) in [7, 11) is 0. The van der Waals surface area contributed by atoms with E-state index in [1.807, 2.05) is 0 Å². The smallest absolute Gasteiger partial charge is 0.262 e. The molecule has 1 saturated carbocycles. The molecule has 3 aromatic carbocycles. The predicted octanol–water partition coefficient (Wildman–Crippen LogP) is 8.13. The molecule has 0 radical (unpaired) electrons. The van der Waals surface area contributed by atoms with Crippen molar-refractivity contribution in [1.82, 2.24) is 0 Å². The molecule has 0 bridgehead atoms. The summed E-state index contributed by atoms with van der Waals surface area (Å²) in [6.45, 7) is 15.0. The third-order valence-corrected chi connectivity index (χ3v) is 6.83. The van der Waals surface area contributed by atoms with Gasteiger partial charge < -0.3 is 5.73 Å². The van der Waals surface area contributed by atoms with Crippen LogP contribution in [0, 0.1) is 118 Å². The van der Waals surface area contributed by atoms with Crippen LogP contribution in [0.2, 0.25) is 0 Å². The summed E-state index contributed by atoms with van der Waals surface area (Å²) >= 11 is 0. The summed E-state index contributed by atoms with van der Waals surface area (Å²) in [6, 6.07) is 3.03. The Hall–Kier alpha value is -6.64. The van der Waals surface area contributed by atoms with Crippen molar-refractivity contribution in [1.29, 1.82) is 15.8 Å². The number of allylic oxidation sites excluding steroid dienone is 5. The lowest BCUT2D eigenvalue weighted by molar-refractivity contribution is 0.446. The average molecular weight is 658 g/mol. The SMILES string of the molecule is [C-]#[N+]C(=C1C(=C(C#N)c2c(F)c(C)c(N)c(F)c2F)C1=C(C#N)c1c(F)c(F)c([N+]#[C-])c(F)c1F)c1c(F)c(F)c(C#N)c(F)c1F. The largest absolute Gasteiger partial charge is 0.396 e. The molecule has 1 aliphatic rings. The van der Waals surface area contributed by atoms with E-state index in [0.29, 0.717) is 0 Å². The summed E-state index contributed by atoms with van der Waals surface area (Å²) in [4.78, 5) is 4.97. The van der Waals surface area contributed by atoms with Crippen molar-refractivity contribution in [2.24, 2.45) is 0 Å². The predicted molar refractivity (Wildman–Crippen MR) is 138 cm³/mol. The third-order valence-electron chi connectivity index (χ3n) is 6.83. The summed E-state index contributed by atoms with van der Waals surface area (Å²) in [5, 5.41) is 28.6. The first-order valence-corrected chi connectivity index (χ1v) is 11.9. The highest BCUT2D eigenvalue weighted by atomic mass is 19.2. The molecule has 2 N–H and O–H groups in total. The number of nitriles is 3. The normalized spacial score (nSPS) is 15.1. The second-order valence-electron chi connectivity index (χ2n) is 9.12. The molecular formula is C30H5F11N6. The minimum atomic E-state index is -2.44. The van der Waals surface area contributed by atoms with Crippen molar-refractivity contribution < 1.29 is 48.3 Å². The maximum absolute atomic E-state index is 15.3. The van der Waals surface area contributed by atoms with Gasteiger partial charge >= 0.3 is 0 Å². The monoisotopic (exact) mass is 658 g/mol. The van der Waals surface area contributed by atoms with Crippen LogP contribution in [0.1, 0.15) is 27.8 Å². The highest BCUT2D eigenvalue weighted by molar-refractivity contribution is 6.11. The summed E-state index contributed by atoms with van der Waals surface area (Å²) in [6.07, 6.45) is 0. The number of benzene rings is 3. The van der Waals surface area contributed by atoms with Gasteiger partial charge in [0.2, 0.25) is 5.70 Å². The fourth-order valence-electron chi connectivity index (χ4n) is 4.52. The fourth-order valence-corrected chi connectivity index (χ4v) is 4.52. The standard InChI is InChI=1S/C30H5F11N6/c1-7-17(31)13(20(34)25(39)28(7)45)8(4-42)11-12(9(5-43)14-21(35)26(40)30(47-3)27(41)22(14)36)15(11)29(46-2)16-23(37)18(32)10(6-44)19(33)24(16)38/h45H2,1H3. The second kappa shape index (κ2) is 11.7. The summed E-state index contributed by atoms with van der Waals surface area (Å²) in [5.74, 6) is -25.2. The first-order chi connectivity index (χ1) is 22.1. The van der Waals surface area contributed by atoms with E-state index in [9.17, 15) is 32.5 Å². The lowest BCUT2D eigenvalue weighted by Crippen LogP contribution is -2.07. The highest BCUT2D eigenvalue weighted by Crippen LogP contribution is 2.58. The van der Waals surface area contributed by atoms with E-state index in [2.05, 4.69) is 9.69 Å². The van der Waals surface area contributed by atoms with Gasteiger partial charge in [0.15, 0.2) is 58.2 Å². The third kappa shape index (κ3) is 4.59. The number of rotatable bonds is 3. The topological polar surface area (TPSA) is 106 Å². The lowest BCUT2D eigenvalue weighted by atomic mass is 9.98.